The molecule has 2 aliphatic rings. The number of hydrogen-bond donors (Lipinski definition) is 0. The number of nitrogens with zero attached hydrogens (tertiary/aromatic N) is 3. The number of pyridine rings is 1. The summed E-state index contributed by atoms with van der Waals surface area (Å²) in [6, 6.07) is 11.8. The van der Waals surface area contributed by atoms with Gasteiger partial charge in [0.1, 0.15) is 12.4 Å². The second-order valence-corrected chi connectivity index (χ2v) is 7.50. The average molecular weight is 395 g/mol. The standard InChI is InChI=1S/C22H22FN3O3/c23-19-12-15(13-24)4-5-18(19)14-28-21-3-1-2-20(25-21)16-8-10-26(11-9-16)29-22(27)17-6-7-17/h1-5,12,16-17H,6-11,14H2. The number of benzene rings is 1. The largest absolute Gasteiger partial charge is 0.473 e. The van der Waals surface area contributed by atoms with Crippen molar-refractivity contribution in [1.82, 2.24) is 10.0 Å². The van der Waals surface area contributed by atoms with E-state index >= 15 is 0 Å². The third-order valence-corrected chi connectivity index (χ3v) is 5.30. The summed E-state index contributed by atoms with van der Waals surface area (Å²) in [7, 11) is 0. The van der Waals surface area contributed by atoms with E-state index in [4.69, 9.17) is 14.8 Å². The lowest BCUT2D eigenvalue weighted by atomic mass is 9.94. The van der Waals surface area contributed by atoms with Crippen LogP contribution in [0, 0.1) is 23.1 Å². The molecule has 150 valence electrons. The smallest absolute Gasteiger partial charge is 0.328 e. The quantitative estimate of drug-likeness (QED) is 0.742. The molecule has 2 fully saturated rings. The first-order valence-corrected chi connectivity index (χ1v) is 9.87. The molecule has 1 aromatic carbocycles. The molecule has 1 aromatic heterocycles. The zero-order valence-corrected chi connectivity index (χ0v) is 16.0. The Labute approximate surface area is 168 Å². The fraction of sp³-hybridized carbons (Fsp3) is 0.409. The van der Waals surface area contributed by atoms with Gasteiger partial charge in [-0.3, -0.25) is 4.79 Å². The normalized spacial score (nSPS) is 17.5. The number of hydrogen-bond acceptors (Lipinski definition) is 6. The van der Waals surface area contributed by atoms with Crippen molar-refractivity contribution in [1.29, 1.82) is 5.26 Å². The molecule has 1 saturated carbocycles. The molecule has 0 amide bonds. The Hall–Kier alpha value is -2.98. The Kier molecular flexibility index (Phi) is 5.72. The number of hydroxylamine groups is 2. The Morgan fingerprint density at radius 1 is 1.21 bits per heavy atom. The number of halogens is 1. The van der Waals surface area contributed by atoms with Gasteiger partial charge in [-0.2, -0.15) is 5.26 Å². The van der Waals surface area contributed by atoms with Crippen LogP contribution >= 0.6 is 0 Å². The van der Waals surface area contributed by atoms with E-state index in [9.17, 15) is 9.18 Å². The highest BCUT2D eigenvalue weighted by atomic mass is 19.1. The van der Waals surface area contributed by atoms with Crippen LogP contribution in [-0.4, -0.2) is 29.1 Å². The number of aromatic nitrogens is 1. The molecule has 6 nitrogen and oxygen atoms in total. The number of rotatable bonds is 6. The molecule has 0 atom stereocenters. The Morgan fingerprint density at radius 2 is 2.00 bits per heavy atom. The number of nitriles is 1. The van der Waals surface area contributed by atoms with Crippen LogP contribution in [0.4, 0.5) is 4.39 Å². The zero-order chi connectivity index (χ0) is 20.2. The van der Waals surface area contributed by atoms with Gasteiger partial charge in [0, 0.05) is 36.3 Å². The van der Waals surface area contributed by atoms with Crippen LogP contribution in [0.25, 0.3) is 0 Å². The Bertz CT molecular complexity index is 931. The van der Waals surface area contributed by atoms with Gasteiger partial charge in [-0.05, 0) is 43.9 Å². The van der Waals surface area contributed by atoms with Crippen molar-refractivity contribution in [2.45, 2.75) is 38.2 Å². The summed E-state index contributed by atoms with van der Waals surface area (Å²) in [5, 5.41) is 10.6. The van der Waals surface area contributed by atoms with Crippen molar-refractivity contribution in [3.05, 3.63) is 59.0 Å². The third-order valence-electron chi connectivity index (χ3n) is 5.30. The van der Waals surface area contributed by atoms with E-state index in [2.05, 4.69) is 4.98 Å². The van der Waals surface area contributed by atoms with Gasteiger partial charge in [-0.15, -0.1) is 5.06 Å². The third kappa shape index (κ3) is 4.90. The predicted octanol–water partition coefficient (Wildman–Crippen LogP) is 3.72. The van der Waals surface area contributed by atoms with Crippen molar-refractivity contribution in [3.63, 3.8) is 0 Å². The minimum Gasteiger partial charge on any atom is -0.473 e. The highest BCUT2D eigenvalue weighted by molar-refractivity contribution is 5.74. The van der Waals surface area contributed by atoms with E-state index in [1.54, 1.807) is 23.3 Å². The molecular weight excluding hydrogens is 373 g/mol. The van der Waals surface area contributed by atoms with Crippen LogP contribution in [-0.2, 0) is 16.2 Å². The molecule has 0 radical (unpaired) electrons. The fourth-order valence-corrected chi connectivity index (χ4v) is 3.39. The van der Waals surface area contributed by atoms with Crippen molar-refractivity contribution < 1.29 is 18.8 Å². The van der Waals surface area contributed by atoms with Gasteiger partial charge >= 0.3 is 5.97 Å². The number of piperidine rings is 1. The second-order valence-electron chi connectivity index (χ2n) is 7.50. The lowest BCUT2D eigenvalue weighted by Gasteiger charge is -2.30. The number of ether oxygens (including phenoxy) is 1. The van der Waals surface area contributed by atoms with Crippen molar-refractivity contribution >= 4 is 5.97 Å². The maximum atomic E-state index is 14.0. The molecule has 1 aliphatic heterocycles. The molecular formula is C22H22FN3O3. The first-order valence-electron chi connectivity index (χ1n) is 9.87. The number of carbonyl (C=O) groups is 1. The summed E-state index contributed by atoms with van der Waals surface area (Å²) in [4.78, 5) is 21.8. The first kappa shape index (κ1) is 19.3. The van der Waals surface area contributed by atoms with E-state index in [1.807, 2.05) is 18.2 Å². The monoisotopic (exact) mass is 395 g/mol. The molecule has 4 rings (SSSR count). The van der Waals surface area contributed by atoms with Crippen LogP contribution < -0.4 is 4.74 Å². The van der Waals surface area contributed by atoms with E-state index < -0.39 is 5.82 Å². The lowest BCUT2D eigenvalue weighted by Crippen LogP contribution is -2.35. The van der Waals surface area contributed by atoms with Crippen molar-refractivity contribution in [3.8, 4) is 11.9 Å². The van der Waals surface area contributed by atoms with Crippen LogP contribution in [0.1, 0.15) is 48.4 Å². The Balaban J connectivity index is 1.32. The highest BCUT2D eigenvalue weighted by Crippen LogP contribution is 2.32. The maximum Gasteiger partial charge on any atom is 0.328 e. The highest BCUT2D eigenvalue weighted by Gasteiger charge is 2.34. The minimum atomic E-state index is -0.465. The van der Waals surface area contributed by atoms with E-state index in [1.165, 1.54) is 6.07 Å². The van der Waals surface area contributed by atoms with E-state index in [0.717, 1.165) is 31.4 Å². The van der Waals surface area contributed by atoms with Gasteiger partial charge in [0.2, 0.25) is 5.88 Å². The molecule has 29 heavy (non-hydrogen) atoms. The van der Waals surface area contributed by atoms with Crippen molar-refractivity contribution in [2.75, 3.05) is 13.1 Å². The molecule has 0 bridgehead atoms. The van der Waals surface area contributed by atoms with Gasteiger partial charge < -0.3 is 9.57 Å². The zero-order valence-electron chi connectivity index (χ0n) is 16.0. The molecule has 1 saturated heterocycles. The molecule has 1 aliphatic carbocycles. The van der Waals surface area contributed by atoms with Crippen LogP contribution in [0.5, 0.6) is 5.88 Å². The summed E-state index contributed by atoms with van der Waals surface area (Å²) < 4.78 is 19.7. The SMILES string of the molecule is N#Cc1ccc(COc2cccc(C3CCN(OC(=O)C4CC4)CC3)n2)c(F)c1. The predicted molar refractivity (Wildman–Crippen MR) is 102 cm³/mol. The van der Waals surface area contributed by atoms with E-state index in [0.29, 0.717) is 24.5 Å². The molecule has 0 unspecified atom stereocenters. The van der Waals surface area contributed by atoms with Crippen LogP contribution in [0.3, 0.4) is 0 Å². The van der Waals surface area contributed by atoms with Crippen LogP contribution in [0.2, 0.25) is 0 Å². The Morgan fingerprint density at radius 3 is 2.69 bits per heavy atom. The molecule has 2 heterocycles. The summed E-state index contributed by atoms with van der Waals surface area (Å²) in [6.07, 6.45) is 3.58. The minimum absolute atomic E-state index is 0.0452. The first-order chi connectivity index (χ1) is 14.1. The summed E-state index contributed by atoms with van der Waals surface area (Å²) in [5.41, 5.74) is 1.58. The summed E-state index contributed by atoms with van der Waals surface area (Å²) in [5.74, 6) is 0.236. The molecule has 7 heteroatoms. The van der Waals surface area contributed by atoms with Crippen molar-refractivity contribution in [2.24, 2.45) is 5.92 Å². The fourth-order valence-electron chi connectivity index (χ4n) is 3.39. The van der Waals surface area contributed by atoms with Gasteiger partial charge in [0.15, 0.2) is 0 Å². The lowest BCUT2D eigenvalue weighted by molar-refractivity contribution is -0.196. The second kappa shape index (κ2) is 8.58. The van der Waals surface area contributed by atoms with Crippen LogP contribution in [0.15, 0.2) is 36.4 Å². The summed E-state index contributed by atoms with van der Waals surface area (Å²) in [6.45, 7) is 1.42. The van der Waals surface area contributed by atoms with Gasteiger partial charge in [0.05, 0.1) is 17.6 Å². The van der Waals surface area contributed by atoms with Gasteiger partial charge in [0.25, 0.3) is 0 Å². The average Bonchev–Trinajstić information content (AvgIpc) is 3.59. The molecule has 2 aromatic rings. The molecule has 0 N–H and O–H groups in total. The van der Waals surface area contributed by atoms with Gasteiger partial charge in [-0.25, -0.2) is 9.37 Å². The summed E-state index contributed by atoms with van der Waals surface area (Å²) >= 11 is 0. The topological polar surface area (TPSA) is 75.4 Å². The maximum absolute atomic E-state index is 14.0. The number of carbonyl (C=O) groups excluding carboxylic acids is 1. The molecule has 0 spiro atoms. The van der Waals surface area contributed by atoms with E-state index in [-0.39, 0.29) is 30.0 Å². The van der Waals surface area contributed by atoms with Gasteiger partial charge in [-0.1, -0.05) is 12.1 Å².